The molecule has 110 valence electrons. The van der Waals surface area contributed by atoms with Gasteiger partial charge >= 0.3 is 5.97 Å². The quantitative estimate of drug-likeness (QED) is 0.777. The Bertz CT molecular complexity index is 480. The largest absolute Gasteiger partial charge is 0.496 e. The lowest BCUT2D eigenvalue weighted by Crippen LogP contribution is -2.49. The minimum Gasteiger partial charge on any atom is -0.496 e. The van der Waals surface area contributed by atoms with E-state index in [0.29, 0.717) is 31.0 Å². The highest BCUT2D eigenvalue weighted by molar-refractivity contribution is 5.76. The van der Waals surface area contributed by atoms with E-state index >= 15 is 0 Å². The standard InChI is InChI=1S/C14H18FNO4/c1-18-13-4-3-11(15)7-10(13)8-16-5-6-20-9-12(16)14(17)19-2/h3-4,7,12H,5-6,8-9H2,1-2H3. The summed E-state index contributed by atoms with van der Waals surface area (Å²) >= 11 is 0. The number of carbonyl (C=O) groups excluding carboxylic acids is 1. The van der Waals surface area contributed by atoms with Crippen LogP contribution in [0, 0.1) is 5.82 Å². The number of nitrogens with zero attached hydrogens (tertiary/aromatic N) is 1. The minimum atomic E-state index is -0.471. The van der Waals surface area contributed by atoms with E-state index in [0.717, 1.165) is 0 Å². The molecule has 0 aliphatic carbocycles. The molecular weight excluding hydrogens is 265 g/mol. The molecule has 2 rings (SSSR count). The minimum absolute atomic E-state index is 0.282. The Morgan fingerprint density at radius 1 is 1.50 bits per heavy atom. The second-order valence-electron chi connectivity index (χ2n) is 4.54. The highest BCUT2D eigenvalue weighted by Crippen LogP contribution is 2.23. The molecule has 0 spiro atoms. The van der Waals surface area contributed by atoms with E-state index < -0.39 is 6.04 Å². The van der Waals surface area contributed by atoms with Gasteiger partial charge in [-0.1, -0.05) is 0 Å². The van der Waals surface area contributed by atoms with Crippen molar-refractivity contribution in [3.63, 3.8) is 0 Å². The van der Waals surface area contributed by atoms with Gasteiger partial charge in [0.1, 0.15) is 17.6 Å². The van der Waals surface area contributed by atoms with Gasteiger partial charge in [0.15, 0.2) is 0 Å². The van der Waals surface area contributed by atoms with Gasteiger partial charge in [-0.05, 0) is 18.2 Å². The summed E-state index contributed by atoms with van der Waals surface area (Å²) in [6.07, 6.45) is 0. The van der Waals surface area contributed by atoms with Crippen LogP contribution in [-0.4, -0.2) is 50.9 Å². The molecule has 20 heavy (non-hydrogen) atoms. The fraction of sp³-hybridized carbons (Fsp3) is 0.500. The summed E-state index contributed by atoms with van der Waals surface area (Å²) in [5, 5.41) is 0. The first kappa shape index (κ1) is 14.7. The smallest absolute Gasteiger partial charge is 0.325 e. The second-order valence-corrected chi connectivity index (χ2v) is 4.54. The molecule has 0 radical (unpaired) electrons. The summed E-state index contributed by atoms with van der Waals surface area (Å²) in [5.41, 5.74) is 0.698. The fourth-order valence-electron chi connectivity index (χ4n) is 2.27. The average molecular weight is 283 g/mol. The summed E-state index contributed by atoms with van der Waals surface area (Å²) in [4.78, 5) is 13.6. The lowest BCUT2D eigenvalue weighted by Gasteiger charge is -2.33. The van der Waals surface area contributed by atoms with Crippen LogP contribution in [0.25, 0.3) is 0 Å². The van der Waals surface area contributed by atoms with Gasteiger partial charge in [0.05, 0.1) is 27.4 Å². The lowest BCUT2D eigenvalue weighted by molar-refractivity contribution is -0.153. The van der Waals surface area contributed by atoms with E-state index in [1.54, 1.807) is 6.07 Å². The number of hydrogen-bond acceptors (Lipinski definition) is 5. The van der Waals surface area contributed by atoms with Crippen molar-refractivity contribution in [2.75, 3.05) is 34.0 Å². The monoisotopic (exact) mass is 283 g/mol. The van der Waals surface area contributed by atoms with Crippen molar-refractivity contribution >= 4 is 5.97 Å². The summed E-state index contributed by atoms with van der Waals surface area (Å²) < 4.78 is 28.7. The van der Waals surface area contributed by atoms with Gasteiger partial charge in [-0.2, -0.15) is 0 Å². The Morgan fingerprint density at radius 2 is 2.30 bits per heavy atom. The summed E-state index contributed by atoms with van der Waals surface area (Å²) in [7, 11) is 2.88. The zero-order valence-corrected chi connectivity index (χ0v) is 11.6. The number of morpholine rings is 1. The molecular formula is C14H18FNO4. The second kappa shape index (κ2) is 6.67. The molecule has 1 aromatic carbocycles. The SMILES string of the molecule is COC(=O)C1COCCN1Cc1cc(F)ccc1OC. The van der Waals surface area contributed by atoms with Crippen LogP contribution < -0.4 is 4.74 Å². The first-order chi connectivity index (χ1) is 9.65. The van der Waals surface area contributed by atoms with Crippen LogP contribution in [0.3, 0.4) is 0 Å². The molecule has 0 bridgehead atoms. The number of ether oxygens (including phenoxy) is 3. The number of methoxy groups -OCH3 is 2. The number of rotatable bonds is 4. The Hall–Kier alpha value is -1.66. The van der Waals surface area contributed by atoms with Crippen molar-refractivity contribution < 1.29 is 23.4 Å². The van der Waals surface area contributed by atoms with E-state index in [1.807, 2.05) is 4.90 Å². The molecule has 0 aromatic heterocycles. The van der Waals surface area contributed by atoms with Crippen LogP contribution in [-0.2, 0) is 20.8 Å². The maximum atomic E-state index is 13.4. The summed E-state index contributed by atoms with van der Waals surface area (Å²) in [6.45, 7) is 1.80. The van der Waals surface area contributed by atoms with E-state index in [9.17, 15) is 9.18 Å². The van der Waals surface area contributed by atoms with Crippen molar-refractivity contribution in [2.45, 2.75) is 12.6 Å². The molecule has 1 fully saturated rings. The van der Waals surface area contributed by atoms with Crippen LogP contribution in [0.5, 0.6) is 5.75 Å². The topological polar surface area (TPSA) is 48.0 Å². The Kier molecular flexibility index (Phi) is 4.92. The maximum absolute atomic E-state index is 13.4. The molecule has 6 heteroatoms. The van der Waals surface area contributed by atoms with Crippen LogP contribution >= 0.6 is 0 Å². The predicted octanol–water partition coefficient (Wildman–Crippen LogP) is 1.21. The molecule has 5 nitrogen and oxygen atoms in total. The predicted molar refractivity (Wildman–Crippen MR) is 70.0 cm³/mol. The normalized spacial score (nSPS) is 19.6. The lowest BCUT2D eigenvalue weighted by atomic mass is 10.1. The highest BCUT2D eigenvalue weighted by Gasteiger charge is 2.30. The molecule has 1 atom stereocenters. The van der Waals surface area contributed by atoms with E-state index in [-0.39, 0.29) is 18.4 Å². The maximum Gasteiger partial charge on any atom is 0.325 e. The number of benzene rings is 1. The summed E-state index contributed by atoms with van der Waals surface area (Å²) in [5.74, 6) is -0.0785. The van der Waals surface area contributed by atoms with Gasteiger partial charge in [-0.15, -0.1) is 0 Å². The van der Waals surface area contributed by atoms with Crippen molar-refractivity contribution in [3.8, 4) is 5.75 Å². The molecule has 1 heterocycles. The van der Waals surface area contributed by atoms with Crippen molar-refractivity contribution in [1.82, 2.24) is 4.90 Å². The fourth-order valence-corrected chi connectivity index (χ4v) is 2.27. The molecule has 1 aliphatic heterocycles. The van der Waals surface area contributed by atoms with Gasteiger partial charge in [0, 0.05) is 18.7 Å². The van der Waals surface area contributed by atoms with Crippen LogP contribution in [0.2, 0.25) is 0 Å². The highest BCUT2D eigenvalue weighted by atomic mass is 19.1. The average Bonchev–Trinajstić information content (AvgIpc) is 2.47. The first-order valence-corrected chi connectivity index (χ1v) is 6.37. The third kappa shape index (κ3) is 3.26. The molecule has 1 saturated heterocycles. The zero-order chi connectivity index (χ0) is 14.5. The van der Waals surface area contributed by atoms with Crippen LogP contribution in [0.1, 0.15) is 5.56 Å². The molecule has 0 amide bonds. The third-order valence-electron chi connectivity index (χ3n) is 3.33. The van der Waals surface area contributed by atoms with Gasteiger partial charge < -0.3 is 14.2 Å². The van der Waals surface area contributed by atoms with Crippen LogP contribution in [0.15, 0.2) is 18.2 Å². The first-order valence-electron chi connectivity index (χ1n) is 6.37. The van der Waals surface area contributed by atoms with Gasteiger partial charge in [0.2, 0.25) is 0 Å². The number of esters is 1. The van der Waals surface area contributed by atoms with E-state index in [2.05, 4.69) is 0 Å². The van der Waals surface area contributed by atoms with Crippen LogP contribution in [0.4, 0.5) is 4.39 Å². The van der Waals surface area contributed by atoms with Crippen molar-refractivity contribution in [1.29, 1.82) is 0 Å². The molecule has 0 saturated carbocycles. The number of carbonyl (C=O) groups is 1. The molecule has 1 aliphatic rings. The molecule has 1 aromatic rings. The Balaban J connectivity index is 2.18. The zero-order valence-electron chi connectivity index (χ0n) is 11.6. The van der Waals surface area contributed by atoms with E-state index in [4.69, 9.17) is 14.2 Å². The third-order valence-corrected chi connectivity index (χ3v) is 3.33. The van der Waals surface area contributed by atoms with Gasteiger partial charge in [-0.25, -0.2) is 4.39 Å². The number of halogens is 1. The van der Waals surface area contributed by atoms with Gasteiger partial charge in [0.25, 0.3) is 0 Å². The van der Waals surface area contributed by atoms with Crippen molar-refractivity contribution in [2.24, 2.45) is 0 Å². The van der Waals surface area contributed by atoms with Crippen molar-refractivity contribution in [3.05, 3.63) is 29.6 Å². The van der Waals surface area contributed by atoms with Gasteiger partial charge in [-0.3, -0.25) is 9.69 Å². The molecule has 1 unspecified atom stereocenters. The summed E-state index contributed by atoms with van der Waals surface area (Å²) in [6, 6.07) is 3.88. The molecule has 0 N–H and O–H groups in total. The Morgan fingerprint density at radius 3 is 3.00 bits per heavy atom. The van der Waals surface area contributed by atoms with E-state index in [1.165, 1.54) is 26.4 Å². The Labute approximate surface area is 117 Å². The number of hydrogen-bond donors (Lipinski definition) is 0.